The molecule has 4 nitrogen and oxygen atoms in total. The van der Waals surface area contributed by atoms with Crippen molar-refractivity contribution < 1.29 is 13.5 Å². The van der Waals surface area contributed by atoms with E-state index in [1.54, 1.807) is 12.1 Å². The smallest absolute Gasteiger partial charge is 0.387 e. The Balaban J connectivity index is 1.77. The average Bonchev–Trinajstić information content (AvgIpc) is 2.52. The molecular formula is C16H13F2N3O. The molecule has 0 spiro atoms. The molecule has 3 rings (SSSR count). The summed E-state index contributed by atoms with van der Waals surface area (Å²) in [5, 5.41) is 4.10. The highest BCUT2D eigenvalue weighted by atomic mass is 19.3. The van der Waals surface area contributed by atoms with E-state index in [9.17, 15) is 8.78 Å². The standard InChI is InChI=1S/C16H13F2N3O/c17-16(18)22-12-5-3-4-11(8-12)9-19-15-13-6-1-2-7-14(13)20-10-21-15/h1-8,10,16H,9H2,(H,19,20,21). The van der Waals surface area contributed by atoms with Gasteiger partial charge in [-0.2, -0.15) is 8.78 Å². The molecule has 2 aromatic carbocycles. The number of fused-ring (bicyclic) bond motifs is 1. The van der Waals surface area contributed by atoms with E-state index in [1.807, 2.05) is 30.3 Å². The fourth-order valence-corrected chi connectivity index (χ4v) is 2.16. The van der Waals surface area contributed by atoms with Gasteiger partial charge in [-0.25, -0.2) is 9.97 Å². The Morgan fingerprint density at radius 2 is 1.91 bits per heavy atom. The van der Waals surface area contributed by atoms with Crippen molar-refractivity contribution in [2.75, 3.05) is 5.32 Å². The van der Waals surface area contributed by atoms with Crippen LogP contribution in [-0.4, -0.2) is 16.6 Å². The number of nitrogens with one attached hydrogen (secondary N) is 1. The lowest BCUT2D eigenvalue weighted by atomic mass is 10.2. The van der Waals surface area contributed by atoms with Crippen LogP contribution in [0.25, 0.3) is 10.9 Å². The Morgan fingerprint density at radius 1 is 1.05 bits per heavy atom. The van der Waals surface area contributed by atoms with Gasteiger partial charge in [0.25, 0.3) is 0 Å². The number of hydrogen-bond donors (Lipinski definition) is 1. The Labute approximate surface area is 125 Å². The van der Waals surface area contributed by atoms with Gasteiger partial charge in [-0.1, -0.05) is 24.3 Å². The molecule has 0 unspecified atom stereocenters. The van der Waals surface area contributed by atoms with Crippen LogP contribution in [0.3, 0.4) is 0 Å². The van der Waals surface area contributed by atoms with Crippen LogP contribution in [0.15, 0.2) is 54.9 Å². The summed E-state index contributed by atoms with van der Waals surface area (Å²) in [6, 6.07) is 14.2. The van der Waals surface area contributed by atoms with E-state index in [1.165, 1.54) is 12.4 Å². The zero-order valence-corrected chi connectivity index (χ0v) is 11.5. The van der Waals surface area contributed by atoms with Gasteiger partial charge in [0.15, 0.2) is 0 Å². The molecule has 1 N–H and O–H groups in total. The molecule has 1 heterocycles. The van der Waals surface area contributed by atoms with Gasteiger partial charge >= 0.3 is 6.61 Å². The van der Waals surface area contributed by atoms with Crippen LogP contribution in [0.4, 0.5) is 14.6 Å². The monoisotopic (exact) mass is 301 g/mol. The number of rotatable bonds is 5. The molecular weight excluding hydrogens is 288 g/mol. The van der Waals surface area contributed by atoms with E-state index < -0.39 is 6.61 Å². The summed E-state index contributed by atoms with van der Waals surface area (Å²) < 4.78 is 28.8. The summed E-state index contributed by atoms with van der Waals surface area (Å²) in [6.07, 6.45) is 1.49. The lowest BCUT2D eigenvalue weighted by Gasteiger charge is -2.10. The molecule has 0 aliphatic rings. The minimum atomic E-state index is -2.82. The van der Waals surface area contributed by atoms with Crippen LogP contribution in [0, 0.1) is 0 Å². The number of para-hydroxylation sites is 1. The predicted octanol–water partition coefficient (Wildman–Crippen LogP) is 3.84. The first-order valence-electron chi connectivity index (χ1n) is 6.70. The van der Waals surface area contributed by atoms with Crippen molar-refractivity contribution in [1.82, 2.24) is 9.97 Å². The van der Waals surface area contributed by atoms with Gasteiger partial charge in [-0.3, -0.25) is 0 Å². The van der Waals surface area contributed by atoms with Crippen LogP contribution in [-0.2, 0) is 6.54 Å². The topological polar surface area (TPSA) is 47.0 Å². The highest BCUT2D eigenvalue weighted by molar-refractivity contribution is 5.88. The quantitative estimate of drug-likeness (QED) is 0.777. The van der Waals surface area contributed by atoms with Gasteiger partial charge in [0, 0.05) is 11.9 Å². The summed E-state index contributed by atoms with van der Waals surface area (Å²) >= 11 is 0. The fourth-order valence-electron chi connectivity index (χ4n) is 2.16. The first-order chi connectivity index (χ1) is 10.7. The first kappa shape index (κ1) is 14.2. The third-order valence-electron chi connectivity index (χ3n) is 3.13. The lowest BCUT2D eigenvalue weighted by molar-refractivity contribution is -0.0498. The number of anilines is 1. The lowest BCUT2D eigenvalue weighted by Crippen LogP contribution is -2.05. The molecule has 0 fully saturated rings. The average molecular weight is 301 g/mol. The summed E-state index contributed by atoms with van der Waals surface area (Å²) in [6.45, 7) is -2.38. The molecule has 0 aliphatic heterocycles. The number of halogens is 2. The molecule has 0 amide bonds. The SMILES string of the molecule is FC(F)Oc1cccc(CNc2ncnc3ccccc23)c1. The van der Waals surface area contributed by atoms with Crippen LogP contribution < -0.4 is 10.1 Å². The zero-order chi connectivity index (χ0) is 15.4. The third kappa shape index (κ3) is 3.28. The third-order valence-corrected chi connectivity index (χ3v) is 3.13. The second kappa shape index (κ2) is 6.34. The van der Waals surface area contributed by atoms with E-state index in [-0.39, 0.29) is 5.75 Å². The molecule has 1 aromatic heterocycles. The minimum Gasteiger partial charge on any atom is -0.435 e. The van der Waals surface area contributed by atoms with Crippen LogP contribution in [0.2, 0.25) is 0 Å². The fraction of sp³-hybridized carbons (Fsp3) is 0.125. The molecule has 0 aliphatic carbocycles. The van der Waals surface area contributed by atoms with Crippen molar-refractivity contribution in [1.29, 1.82) is 0 Å². The van der Waals surface area contributed by atoms with Gasteiger partial charge in [0.2, 0.25) is 0 Å². The second-order valence-corrected chi connectivity index (χ2v) is 4.62. The second-order valence-electron chi connectivity index (χ2n) is 4.62. The van der Waals surface area contributed by atoms with Gasteiger partial charge in [0.05, 0.1) is 5.52 Å². The number of benzene rings is 2. The van der Waals surface area contributed by atoms with Gasteiger partial charge in [-0.05, 0) is 29.8 Å². The minimum absolute atomic E-state index is 0.141. The molecule has 6 heteroatoms. The number of ether oxygens (including phenoxy) is 1. The van der Waals surface area contributed by atoms with Gasteiger partial charge in [0.1, 0.15) is 17.9 Å². The Morgan fingerprint density at radius 3 is 2.77 bits per heavy atom. The summed E-state index contributed by atoms with van der Waals surface area (Å²) in [4.78, 5) is 8.41. The summed E-state index contributed by atoms with van der Waals surface area (Å²) in [7, 11) is 0. The highest BCUT2D eigenvalue weighted by Gasteiger charge is 2.06. The van der Waals surface area contributed by atoms with Crippen LogP contribution in [0.1, 0.15) is 5.56 Å². The van der Waals surface area contributed by atoms with Crippen LogP contribution in [0.5, 0.6) is 5.75 Å². The van der Waals surface area contributed by atoms with Crippen molar-refractivity contribution in [3.05, 3.63) is 60.4 Å². The largest absolute Gasteiger partial charge is 0.435 e. The van der Waals surface area contributed by atoms with E-state index in [0.29, 0.717) is 12.4 Å². The maximum atomic E-state index is 12.2. The van der Waals surface area contributed by atoms with Gasteiger partial charge in [-0.15, -0.1) is 0 Å². The molecule has 112 valence electrons. The first-order valence-corrected chi connectivity index (χ1v) is 6.70. The predicted molar refractivity (Wildman–Crippen MR) is 79.9 cm³/mol. The van der Waals surface area contributed by atoms with E-state index >= 15 is 0 Å². The molecule has 22 heavy (non-hydrogen) atoms. The van der Waals surface area contributed by atoms with Crippen LogP contribution >= 0.6 is 0 Å². The van der Waals surface area contributed by atoms with E-state index in [2.05, 4.69) is 20.0 Å². The summed E-state index contributed by atoms with van der Waals surface area (Å²) in [5.74, 6) is 0.840. The molecule has 0 bridgehead atoms. The molecule has 0 saturated heterocycles. The molecule has 3 aromatic rings. The zero-order valence-electron chi connectivity index (χ0n) is 11.5. The van der Waals surface area contributed by atoms with Crippen molar-refractivity contribution in [3.63, 3.8) is 0 Å². The van der Waals surface area contributed by atoms with Crippen molar-refractivity contribution >= 4 is 16.7 Å². The Hall–Kier alpha value is -2.76. The maximum absolute atomic E-state index is 12.2. The van der Waals surface area contributed by atoms with Gasteiger partial charge < -0.3 is 10.1 Å². The number of nitrogens with zero attached hydrogens (tertiary/aromatic N) is 2. The number of hydrogen-bond acceptors (Lipinski definition) is 4. The Bertz CT molecular complexity index is 775. The van der Waals surface area contributed by atoms with Crippen molar-refractivity contribution in [2.24, 2.45) is 0 Å². The number of alkyl halides is 2. The normalized spacial score (nSPS) is 10.9. The Kier molecular flexibility index (Phi) is 4.09. The molecule has 0 saturated carbocycles. The van der Waals surface area contributed by atoms with E-state index in [0.717, 1.165) is 16.5 Å². The van der Waals surface area contributed by atoms with E-state index in [4.69, 9.17) is 0 Å². The molecule has 0 radical (unpaired) electrons. The summed E-state index contributed by atoms with van der Waals surface area (Å²) in [5.41, 5.74) is 1.66. The molecule has 0 atom stereocenters. The maximum Gasteiger partial charge on any atom is 0.387 e. The number of aromatic nitrogens is 2. The highest BCUT2D eigenvalue weighted by Crippen LogP contribution is 2.20. The van der Waals surface area contributed by atoms with Crippen molar-refractivity contribution in [3.8, 4) is 5.75 Å². The van der Waals surface area contributed by atoms with Crippen molar-refractivity contribution in [2.45, 2.75) is 13.2 Å².